The van der Waals surface area contributed by atoms with Crippen molar-refractivity contribution in [1.29, 1.82) is 0 Å². The number of hydrogen-bond acceptors (Lipinski definition) is 3. The van der Waals surface area contributed by atoms with Gasteiger partial charge in [0.05, 0.1) is 13.0 Å². The number of rotatable bonds is 7. The normalized spacial score (nSPS) is 17.1. The van der Waals surface area contributed by atoms with Crippen LogP contribution in [0.4, 0.5) is 0 Å². The van der Waals surface area contributed by atoms with Crippen LogP contribution in [0.2, 0.25) is 0 Å². The molecule has 0 saturated carbocycles. The van der Waals surface area contributed by atoms with E-state index in [4.69, 9.17) is 4.74 Å². The number of ether oxygens (including phenoxy) is 1. The number of hydrogen-bond donors (Lipinski definition) is 2. The summed E-state index contributed by atoms with van der Waals surface area (Å²) < 4.78 is 5.63. The third kappa shape index (κ3) is 6.67. The van der Waals surface area contributed by atoms with Crippen molar-refractivity contribution < 1.29 is 9.53 Å². The summed E-state index contributed by atoms with van der Waals surface area (Å²) in [5.74, 6) is 1.46. The molecule has 1 saturated heterocycles. The molecular weight excluding hydrogens is 300 g/mol. The molecule has 0 bridgehead atoms. The van der Waals surface area contributed by atoms with E-state index >= 15 is 0 Å². The van der Waals surface area contributed by atoms with E-state index in [1.165, 1.54) is 6.42 Å². The van der Waals surface area contributed by atoms with Crippen LogP contribution in [0, 0.1) is 5.92 Å². The Morgan fingerprint density at radius 3 is 2.68 bits per heavy atom. The van der Waals surface area contributed by atoms with Crippen LogP contribution in [0.5, 0.6) is 5.75 Å². The largest absolute Gasteiger partial charge is 0.493 e. The highest BCUT2D eigenvalue weighted by atomic mass is 35.5. The molecule has 2 N–H and O–H groups in total. The number of carbonyl (C=O) groups excluding carboxylic acids is 1. The molecule has 1 fully saturated rings. The van der Waals surface area contributed by atoms with E-state index in [-0.39, 0.29) is 18.3 Å². The lowest BCUT2D eigenvalue weighted by Gasteiger charge is -2.12. The molecule has 0 spiro atoms. The molecule has 1 amide bonds. The van der Waals surface area contributed by atoms with Gasteiger partial charge in [-0.1, -0.05) is 26.0 Å². The maximum absolute atomic E-state index is 11.9. The number of amides is 1. The Morgan fingerprint density at radius 2 is 2.09 bits per heavy atom. The third-order valence-corrected chi connectivity index (χ3v) is 3.58. The summed E-state index contributed by atoms with van der Waals surface area (Å²) in [5.41, 5.74) is 1.02. The third-order valence-electron chi connectivity index (χ3n) is 3.58. The van der Waals surface area contributed by atoms with Gasteiger partial charge in [-0.3, -0.25) is 4.79 Å². The molecule has 1 aromatic rings. The van der Waals surface area contributed by atoms with Crippen LogP contribution >= 0.6 is 12.4 Å². The molecular formula is C17H27ClN2O2. The molecule has 0 aromatic heterocycles. The summed E-state index contributed by atoms with van der Waals surface area (Å²) in [6.07, 6.45) is 2.79. The highest BCUT2D eigenvalue weighted by Crippen LogP contribution is 2.13. The molecule has 124 valence electrons. The predicted molar refractivity (Wildman–Crippen MR) is 91.8 cm³/mol. The maximum Gasteiger partial charge on any atom is 0.224 e. The Kier molecular flexibility index (Phi) is 8.28. The van der Waals surface area contributed by atoms with Crippen LogP contribution in [0.15, 0.2) is 24.3 Å². The summed E-state index contributed by atoms with van der Waals surface area (Å²) in [4.78, 5) is 11.9. The van der Waals surface area contributed by atoms with Gasteiger partial charge in [0.2, 0.25) is 5.91 Å². The van der Waals surface area contributed by atoms with Gasteiger partial charge in [0.1, 0.15) is 5.75 Å². The van der Waals surface area contributed by atoms with Crippen molar-refractivity contribution in [3.63, 3.8) is 0 Å². The minimum atomic E-state index is 0. The SMILES string of the molecule is CC(C)COc1ccc(CC(=O)NCC2CCCN2)cc1.Cl. The van der Waals surface area contributed by atoms with Gasteiger partial charge in [-0.2, -0.15) is 0 Å². The monoisotopic (exact) mass is 326 g/mol. The molecule has 1 aliphatic heterocycles. The Bertz CT molecular complexity index is 442. The lowest BCUT2D eigenvalue weighted by Crippen LogP contribution is -2.37. The van der Waals surface area contributed by atoms with Crippen molar-refractivity contribution >= 4 is 18.3 Å². The second-order valence-corrected chi connectivity index (χ2v) is 6.12. The highest BCUT2D eigenvalue weighted by Gasteiger charge is 2.14. The summed E-state index contributed by atoms with van der Waals surface area (Å²) in [6.45, 7) is 6.76. The van der Waals surface area contributed by atoms with Crippen LogP contribution in [-0.2, 0) is 11.2 Å². The molecule has 1 aliphatic rings. The zero-order valence-corrected chi connectivity index (χ0v) is 14.2. The first-order valence-corrected chi connectivity index (χ1v) is 7.85. The van der Waals surface area contributed by atoms with Crippen molar-refractivity contribution in [1.82, 2.24) is 10.6 Å². The van der Waals surface area contributed by atoms with Crippen molar-refractivity contribution in [3.8, 4) is 5.75 Å². The van der Waals surface area contributed by atoms with Gasteiger partial charge < -0.3 is 15.4 Å². The molecule has 5 heteroatoms. The summed E-state index contributed by atoms with van der Waals surface area (Å²) >= 11 is 0. The van der Waals surface area contributed by atoms with Crippen molar-refractivity contribution in [2.24, 2.45) is 5.92 Å². The topological polar surface area (TPSA) is 50.4 Å². The molecule has 1 atom stereocenters. The van der Waals surface area contributed by atoms with Crippen molar-refractivity contribution in [2.75, 3.05) is 19.7 Å². The Balaban J connectivity index is 0.00000242. The van der Waals surface area contributed by atoms with E-state index in [9.17, 15) is 4.79 Å². The Hall–Kier alpha value is -1.26. The van der Waals surface area contributed by atoms with Gasteiger partial charge in [0.25, 0.3) is 0 Å². The standard InChI is InChI=1S/C17H26N2O2.ClH/c1-13(2)12-21-16-7-5-14(6-8-16)10-17(20)19-11-15-4-3-9-18-15;/h5-8,13,15,18H,3-4,9-12H2,1-2H3,(H,19,20);1H. The highest BCUT2D eigenvalue weighted by molar-refractivity contribution is 5.85. The Morgan fingerprint density at radius 1 is 1.36 bits per heavy atom. The van der Waals surface area contributed by atoms with Gasteiger partial charge in [0.15, 0.2) is 0 Å². The van der Waals surface area contributed by atoms with Gasteiger partial charge in [-0.25, -0.2) is 0 Å². The lowest BCUT2D eigenvalue weighted by atomic mass is 10.1. The van der Waals surface area contributed by atoms with E-state index in [0.717, 1.165) is 30.8 Å². The zero-order chi connectivity index (χ0) is 15.1. The molecule has 2 rings (SSSR count). The Labute approximate surface area is 139 Å². The second kappa shape index (κ2) is 9.70. The average molecular weight is 327 g/mol. The summed E-state index contributed by atoms with van der Waals surface area (Å²) in [7, 11) is 0. The van der Waals surface area contributed by atoms with Crippen molar-refractivity contribution in [2.45, 2.75) is 39.2 Å². The number of carbonyl (C=O) groups is 1. The average Bonchev–Trinajstić information content (AvgIpc) is 2.98. The van der Waals surface area contributed by atoms with Gasteiger partial charge >= 0.3 is 0 Å². The minimum absolute atomic E-state index is 0. The number of benzene rings is 1. The smallest absolute Gasteiger partial charge is 0.224 e. The lowest BCUT2D eigenvalue weighted by molar-refractivity contribution is -0.120. The molecule has 4 nitrogen and oxygen atoms in total. The minimum Gasteiger partial charge on any atom is -0.493 e. The van der Waals surface area contributed by atoms with E-state index in [1.54, 1.807) is 0 Å². The molecule has 1 aromatic carbocycles. The van der Waals surface area contributed by atoms with Crippen LogP contribution in [0.1, 0.15) is 32.3 Å². The molecule has 1 heterocycles. The predicted octanol–water partition coefficient (Wildman–Crippen LogP) is 2.55. The first kappa shape index (κ1) is 18.8. The van der Waals surface area contributed by atoms with Crippen LogP contribution in [-0.4, -0.2) is 31.6 Å². The van der Waals surface area contributed by atoms with E-state index in [1.807, 2.05) is 24.3 Å². The molecule has 1 unspecified atom stereocenters. The number of halogens is 1. The maximum atomic E-state index is 11.9. The zero-order valence-electron chi connectivity index (χ0n) is 13.4. The molecule has 22 heavy (non-hydrogen) atoms. The fourth-order valence-corrected chi connectivity index (χ4v) is 2.38. The quantitative estimate of drug-likeness (QED) is 0.809. The summed E-state index contributed by atoms with van der Waals surface area (Å²) in [5, 5.41) is 6.37. The van der Waals surface area contributed by atoms with E-state index in [2.05, 4.69) is 24.5 Å². The van der Waals surface area contributed by atoms with Crippen molar-refractivity contribution in [3.05, 3.63) is 29.8 Å². The molecule has 0 aliphatic carbocycles. The van der Waals surface area contributed by atoms with Crippen LogP contribution in [0.3, 0.4) is 0 Å². The van der Waals surface area contributed by atoms with E-state index in [0.29, 0.717) is 25.0 Å². The van der Waals surface area contributed by atoms with Crippen LogP contribution in [0.25, 0.3) is 0 Å². The van der Waals surface area contributed by atoms with Gasteiger partial charge in [-0.05, 0) is 43.0 Å². The van der Waals surface area contributed by atoms with Gasteiger partial charge in [-0.15, -0.1) is 12.4 Å². The van der Waals surface area contributed by atoms with Crippen LogP contribution < -0.4 is 15.4 Å². The first-order valence-electron chi connectivity index (χ1n) is 7.85. The fraction of sp³-hybridized carbons (Fsp3) is 0.588. The second-order valence-electron chi connectivity index (χ2n) is 6.12. The summed E-state index contributed by atoms with van der Waals surface area (Å²) in [6, 6.07) is 8.24. The fourth-order valence-electron chi connectivity index (χ4n) is 2.38. The first-order chi connectivity index (χ1) is 10.1. The molecule has 0 radical (unpaired) electrons. The number of nitrogens with one attached hydrogen (secondary N) is 2. The van der Waals surface area contributed by atoms with Gasteiger partial charge in [0, 0.05) is 12.6 Å². The van der Waals surface area contributed by atoms with E-state index < -0.39 is 0 Å².